The molecule has 0 amide bonds. The van der Waals surface area contributed by atoms with E-state index in [4.69, 9.17) is 19.2 Å². The van der Waals surface area contributed by atoms with Gasteiger partial charge < -0.3 is 14.2 Å². The number of fused-ring (bicyclic) bond motifs is 2. The lowest BCUT2D eigenvalue weighted by Crippen LogP contribution is -2.29. The Kier molecular flexibility index (Phi) is 6.62. The molecule has 0 bridgehead atoms. The van der Waals surface area contributed by atoms with E-state index in [1.165, 1.54) is 23.0 Å². The number of halogens is 1. The lowest BCUT2D eigenvalue weighted by atomic mass is 9.95. The minimum atomic E-state index is -0.520. The Labute approximate surface area is 225 Å². The molecule has 10 nitrogen and oxygen atoms in total. The third-order valence-corrected chi connectivity index (χ3v) is 6.33. The summed E-state index contributed by atoms with van der Waals surface area (Å²) in [4.78, 5) is 29.4. The number of hydrogen-bond acceptors (Lipinski definition) is 8. The highest BCUT2D eigenvalue weighted by molar-refractivity contribution is 9.10. The van der Waals surface area contributed by atoms with Crippen molar-refractivity contribution in [1.82, 2.24) is 9.66 Å². The quantitative estimate of drug-likeness (QED) is 0.167. The van der Waals surface area contributed by atoms with Gasteiger partial charge in [-0.05, 0) is 42.0 Å². The first-order chi connectivity index (χ1) is 18.1. The van der Waals surface area contributed by atoms with Crippen LogP contribution in [0.25, 0.3) is 10.9 Å². The summed E-state index contributed by atoms with van der Waals surface area (Å²) in [7, 11) is 0. The van der Waals surface area contributed by atoms with Crippen LogP contribution >= 0.6 is 15.9 Å². The molecule has 194 valence electrons. The van der Waals surface area contributed by atoms with Crippen LogP contribution in [-0.2, 0) is 12.0 Å². The summed E-state index contributed by atoms with van der Waals surface area (Å²) >= 11 is 3.40. The van der Waals surface area contributed by atoms with Crippen LogP contribution in [0.1, 0.15) is 37.7 Å². The van der Waals surface area contributed by atoms with Crippen molar-refractivity contribution >= 4 is 38.7 Å². The normalized spacial score (nSPS) is 12.8. The van der Waals surface area contributed by atoms with E-state index in [-0.39, 0.29) is 30.4 Å². The maximum Gasteiger partial charge on any atom is 0.311 e. The Balaban J connectivity index is 1.56. The summed E-state index contributed by atoms with van der Waals surface area (Å²) < 4.78 is 18.6. The van der Waals surface area contributed by atoms with Crippen LogP contribution in [0.5, 0.6) is 17.2 Å². The van der Waals surface area contributed by atoms with Gasteiger partial charge in [-0.25, -0.2) is 4.98 Å². The SMILES string of the molecule is CC(C)(C)c1nc2ccc(Br)cc2c(=O)n1N=Cc1cccc([N+](=O)[O-])c1OCc1ccc2c(c1)OCO2. The predicted octanol–water partition coefficient (Wildman–Crippen LogP) is 5.55. The van der Waals surface area contributed by atoms with Crippen LogP contribution in [0, 0.1) is 10.1 Å². The molecule has 3 aromatic carbocycles. The summed E-state index contributed by atoms with van der Waals surface area (Å²) in [6, 6.07) is 15.1. The van der Waals surface area contributed by atoms with Gasteiger partial charge in [0.2, 0.25) is 12.5 Å². The number of nitrogens with zero attached hydrogens (tertiary/aromatic N) is 4. The topological polar surface area (TPSA) is 118 Å². The Morgan fingerprint density at radius 1 is 1.16 bits per heavy atom. The molecule has 1 aromatic heterocycles. The highest BCUT2D eigenvalue weighted by atomic mass is 79.9. The van der Waals surface area contributed by atoms with Gasteiger partial charge in [-0.15, -0.1) is 0 Å². The molecule has 1 aliphatic heterocycles. The summed E-state index contributed by atoms with van der Waals surface area (Å²) in [5.41, 5.74) is 0.535. The lowest BCUT2D eigenvalue weighted by Gasteiger charge is -2.21. The monoisotopic (exact) mass is 578 g/mol. The van der Waals surface area contributed by atoms with Gasteiger partial charge in [0.15, 0.2) is 11.5 Å². The second-order valence-electron chi connectivity index (χ2n) is 9.64. The van der Waals surface area contributed by atoms with E-state index in [0.29, 0.717) is 33.8 Å². The molecule has 0 saturated heterocycles. The predicted molar refractivity (Wildman–Crippen MR) is 145 cm³/mol. The Hall–Kier alpha value is -4.25. The van der Waals surface area contributed by atoms with Gasteiger partial charge in [0.1, 0.15) is 12.4 Å². The van der Waals surface area contributed by atoms with Crippen LogP contribution in [0.3, 0.4) is 0 Å². The van der Waals surface area contributed by atoms with Crippen LogP contribution in [-0.4, -0.2) is 27.6 Å². The molecule has 0 unspecified atom stereocenters. The number of aromatic nitrogens is 2. The highest BCUT2D eigenvalue weighted by Crippen LogP contribution is 2.34. The molecule has 0 N–H and O–H groups in total. The third-order valence-electron chi connectivity index (χ3n) is 5.83. The maximum atomic E-state index is 13.5. The van der Waals surface area contributed by atoms with E-state index in [1.807, 2.05) is 26.8 Å². The number of nitro benzene ring substituents is 1. The average molecular weight is 579 g/mol. The minimum absolute atomic E-state index is 0.0285. The fourth-order valence-corrected chi connectivity index (χ4v) is 4.35. The first-order valence-corrected chi connectivity index (χ1v) is 12.5. The zero-order valence-corrected chi connectivity index (χ0v) is 22.4. The molecule has 4 aromatic rings. The molecule has 0 spiro atoms. The van der Waals surface area contributed by atoms with Crippen LogP contribution in [0.15, 0.2) is 69.0 Å². The maximum absolute atomic E-state index is 13.5. The molecule has 0 fully saturated rings. The summed E-state index contributed by atoms with van der Waals surface area (Å²) in [5, 5.41) is 16.6. The van der Waals surface area contributed by atoms with E-state index in [1.54, 1.807) is 36.4 Å². The molecule has 38 heavy (non-hydrogen) atoms. The molecular formula is C27H23BrN4O6. The zero-order chi connectivity index (χ0) is 27.0. The molecule has 0 saturated carbocycles. The third kappa shape index (κ3) is 4.97. The standard InChI is InChI=1S/C27H23BrN4O6/c1-27(2,3)26-30-20-9-8-18(28)12-19(20)25(33)31(26)29-13-17-5-4-6-21(32(34)35)24(17)36-14-16-7-10-22-23(11-16)38-15-37-22/h4-13H,14-15H2,1-3H3. The molecule has 1 aliphatic rings. The van der Waals surface area contributed by atoms with Crippen molar-refractivity contribution in [3.63, 3.8) is 0 Å². The Morgan fingerprint density at radius 3 is 2.71 bits per heavy atom. The Morgan fingerprint density at radius 2 is 1.95 bits per heavy atom. The average Bonchev–Trinajstić information content (AvgIpc) is 3.34. The first kappa shape index (κ1) is 25.4. The Bertz CT molecular complexity index is 1660. The van der Waals surface area contributed by atoms with Crippen molar-refractivity contribution in [2.75, 3.05) is 6.79 Å². The van der Waals surface area contributed by atoms with E-state index in [9.17, 15) is 14.9 Å². The largest absolute Gasteiger partial charge is 0.481 e. The van der Waals surface area contributed by atoms with Gasteiger partial charge in [0.05, 0.1) is 22.0 Å². The van der Waals surface area contributed by atoms with Crippen molar-refractivity contribution in [2.45, 2.75) is 32.8 Å². The van der Waals surface area contributed by atoms with Gasteiger partial charge in [0, 0.05) is 21.5 Å². The lowest BCUT2D eigenvalue weighted by molar-refractivity contribution is -0.385. The number of hydrogen-bond donors (Lipinski definition) is 0. The zero-order valence-electron chi connectivity index (χ0n) is 20.8. The fourth-order valence-electron chi connectivity index (χ4n) is 3.99. The van der Waals surface area contributed by atoms with E-state index >= 15 is 0 Å². The van der Waals surface area contributed by atoms with Gasteiger partial charge in [-0.2, -0.15) is 9.78 Å². The molecule has 0 atom stereocenters. The minimum Gasteiger partial charge on any atom is -0.481 e. The first-order valence-electron chi connectivity index (χ1n) is 11.7. The molecule has 2 heterocycles. The van der Waals surface area contributed by atoms with Crippen LogP contribution in [0.2, 0.25) is 0 Å². The highest BCUT2D eigenvalue weighted by Gasteiger charge is 2.24. The molecule has 0 radical (unpaired) electrons. The van der Waals surface area contributed by atoms with Crippen molar-refractivity contribution in [2.24, 2.45) is 5.10 Å². The number of ether oxygens (including phenoxy) is 3. The van der Waals surface area contributed by atoms with Crippen LogP contribution in [0.4, 0.5) is 5.69 Å². The van der Waals surface area contributed by atoms with Crippen LogP contribution < -0.4 is 19.8 Å². The second-order valence-corrected chi connectivity index (χ2v) is 10.6. The van der Waals surface area contributed by atoms with E-state index in [0.717, 1.165) is 10.0 Å². The van der Waals surface area contributed by atoms with Crippen molar-refractivity contribution in [3.8, 4) is 17.2 Å². The summed E-state index contributed by atoms with van der Waals surface area (Å²) in [6.07, 6.45) is 1.38. The van der Waals surface area contributed by atoms with E-state index < -0.39 is 10.3 Å². The van der Waals surface area contributed by atoms with Gasteiger partial charge in [0.25, 0.3) is 5.56 Å². The number of rotatable bonds is 6. The van der Waals surface area contributed by atoms with Gasteiger partial charge >= 0.3 is 5.69 Å². The van der Waals surface area contributed by atoms with E-state index in [2.05, 4.69) is 21.0 Å². The fraction of sp³-hybridized carbons (Fsp3) is 0.222. The number of para-hydroxylation sites is 1. The smallest absolute Gasteiger partial charge is 0.311 e. The number of nitro groups is 1. The van der Waals surface area contributed by atoms with Crippen molar-refractivity contribution in [1.29, 1.82) is 0 Å². The molecule has 5 rings (SSSR count). The van der Waals surface area contributed by atoms with Crippen molar-refractivity contribution in [3.05, 3.63) is 96.5 Å². The summed E-state index contributed by atoms with van der Waals surface area (Å²) in [6.45, 7) is 5.97. The molecule has 11 heteroatoms. The van der Waals surface area contributed by atoms with Gasteiger partial charge in [-0.3, -0.25) is 14.9 Å². The number of benzene rings is 3. The summed E-state index contributed by atoms with van der Waals surface area (Å²) in [5.74, 6) is 1.69. The molecular weight excluding hydrogens is 556 g/mol. The van der Waals surface area contributed by atoms with Crippen molar-refractivity contribution < 1.29 is 19.1 Å². The molecule has 0 aliphatic carbocycles. The van der Waals surface area contributed by atoms with Gasteiger partial charge in [-0.1, -0.05) is 48.8 Å². The second kappa shape index (κ2) is 9.90.